The molecule has 3 aromatic rings. The highest BCUT2D eigenvalue weighted by atomic mass is 32.2. The predicted octanol–water partition coefficient (Wildman–Crippen LogP) is 6.06. The second kappa shape index (κ2) is 13.4. The number of hydrogen-bond acceptors (Lipinski definition) is 6. The minimum atomic E-state index is -3.43. The van der Waals surface area contributed by atoms with E-state index in [1.807, 2.05) is 31.3 Å². The van der Waals surface area contributed by atoms with Crippen LogP contribution in [0, 0.1) is 17.7 Å². The van der Waals surface area contributed by atoms with Crippen LogP contribution in [-0.2, 0) is 25.9 Å². The number of aromatic nitrogens is 1. The van der Waals surface area contributed by atoms with E-state index in [9.17, 15) is 17.6 Å². The molecule has 6 nitrogen and oxygen atoms in total. The molecule has 0 spiro atoms. The summed E-state index contributed by atoms with van der Waals surface area (Å²) in [6, 6.07) is 17.4. The number of nitrogens with zero attached hydrogens (tertiary/aromatic N) is 2. The van der Waals surface area contributed by atoms with E-state index in [-0.39, 0.29) is 35.1 Å². The lowest BCUT2D eigenvalue weighted by atomic mass is 9.78. The molecule has 218 valence electrons. The topological polar surface area (TPSA) is 76.6 Å². The largest absolute Gasteiger partial charge is 0.379 e. The Hall–Kier alpha value is -2.94. The maximum Gasteiger partial charge on any atom is 0.178 e. The Morgan fingerprint density at radius 3 is 2.29 bits per heavy atom. The third kappa shape index (κ3) is 7.87. The Bertz CT molecular complexity index is 1400. The monoisotopic (exact) mass is 578 g/mol. The number of ketones is 1. The van der Waals surface area contributed by atoms with Gasteiger partial charge in [-0.2, -0.15) is 0 Å². The van der Waals surface area contributed by atoms with Crippen molar-refractivity contribution in [1.82, 2.24) is 9.88 Å². The maximum atomic E-state index is 13.2. The second-order valence-corrected chi connectivity index (χ2v) is 13.6. The summed E-state index contributed by atoms with van der Waals surface area (Å²) < 4.78 is 45.0. The summed E-state index contributed by atoms with van der Waals surface area (Å²) in [5.74, 6) is 0.114. The van der Waals surface area contributed by atoms with Gasteiger partial charge < -0.3 is 4.74 Å². The van der Waals surface area contributed by atoms with Gasteiger partial charge in [0.1, 0.15) is 11.6 Å². The minimum Gasteiger partial charge on any atom is -0.379 e. The van der Waals surface area contributed by atoms with Crippen LogP contribution in [-0.4, -0.2) is 56.1 Å². The molecule has 1 saturated carbocycles. The number of hydrogen-bond donors (Lipinski definition) is 0. The number of carbonyl (C=O) groups excluding carboxylic acids is 1. The van der Waals surface area contributed by atoms with Crippen LogP contribution in [0.15, 0.2) is 71.8 Å². The van der Waals surface area contributed by atoms with Crippen LogP contribution in [0.2, 0.25) is 0 Å². The SMILES string of the molecule is C[C@@H](CC(=O)C1CCC(CS(=O)(=O)c2ccc(-c3ccc(CN4CCOCC4)cn3)cc2)CC1)c1ccc(F)cc1. The van der Waals surface area contributed by atoms with Gasteiger partial charge in [0.2, 0.25) is 0 Å². The van der Waals surface area contributed by atoms with Crippen molar-refractivity contribution >= 4 is 15.6 Å². The van der Waals surface area contributed by atoms with Crippen molar-refractivity contribution in [2.75, 3.05) is 32.1 Å². The molecule has 1 aromatic heterocycles. The molecular weight excluding hydrogens is 539 g/mol. The van der Waals surface area contributed by atoms with E-state index in [0.29, 0.717) is 11.3 Å². The Labute approximate surface area is 242 Å². The molecule has 1 aliphatic heterocycles. The molecule has 2 aromatic carbocycles. The van der Waals surface area contributed by atoms with Crippen LogP contribution >= 0.6 is 0 Å². The summed E-state index contributed by atoms with van der Waals surface area (Å²) in [5, 5.41) is 0. The summed E-state index contributed by atoms with van der Waals surface area (Å²) in [7, 11) is -3.43. The van der Waals surface area contributed by atoms with Crippen LogP contribution in [0.1, 0.15) is 56.1 Å². The summed E-state index contributed by atoms with van der Waals surface area (Å²) >= 11 is 0. The average Bonchev–Trinajstić information content (AvgIpc) is 2.98. The fraction of sp³-hybridized carbons (Fsp3) is 0.455. The van der Waals surface area contributed by atoms with E-state index in [4.69, 9.17) is 4.74 Å². The number of rotatable bonds is 10. The zero-order valence-electron chi connectivity index (χ0n) is 23.7. The molecule has 1 atom stereocenters. The van der Waals surface area contributed by atoms with E-state index < -0.39 is 9.84 Å². The smallest absolute Gasteiger partial charge is 0.178 e. The number of carbonyl (C=O) groups is 1. The average molecular weight is 579 g/mol. The predicted molar refractivity (Wildman–Crippen MR) is 158 cm³/mol. The maximum absolute atomic E-state index is 13.2. The van der Waals surface area contributed by atoms with Crippen molar-refractivity contribution in [2.24, 2.45) is 11.8 Å². The fourth-order valence-electron chi connectivity index (χ4n) is 5.97. The van der Waals surface area contributed by atoms with E-state index in [0.717, 1.165) is 80.9 Å². The first kappa shape index (κ1) is 29.5. The van der Waals surface area contributed by atoms with Crippen molar-refractivity contribution in [3.8, 4) is 11.3 Å². The Balaban J connectivity index is 1.11. The first-order valence-electron chi connectivity index (χ1n) is 14.6. The lowest BCUT2D eigenvalue weighted by Crippen LogP contribution is -2.35. The number of morpholine rings is 1. The van der Waals surface area contributed by atoms with Gasteiger partial charge in [-0.1, -0.05) is 37.3 Å². The van der Waals surface area contributed by atoms with Gasteiger partial charge in [-0.15, -0.1) is 0 Å². The highest BCUT2D eigenvalue weighted by molar-refractivity contribution is 7.91. The molecule has 1 aliphatic carbocycles. The van der Waals surface area contributed by atoms with Gasteiger partial charge in [0.05, 0.1) is 29.6 Å². The molecule has 2 heterocycles. The number of ether oxygens (including phenoxy) is 1. The van der Waals surface area contributed by atoms with Crippen molar-refractivity contribution in [1.29, 1.82) is 0 Å². The lowest BCUT2D eigenvalue weighted by molar-refractivity contribution is -0.124. The molecule has 2 fully saturated rings. The summed E-state index contributed by atoms with van der Waals surface area (Å²) in [6.07, 6.45) is 5.23. The molecule has 5 rings (SSSR count). The van der Waals surface area contributed by atoms with Gasteiger partial charge in [-0.3, -0.25) is 14.7 Å². The van der Waals surface area contributed by atoms with Gasteiger partial charge in [0, 0.05) is 43.7 Å². The molecule has 0 N–H and O–H groups in total. The molecule has 41 heavy (non-hydrogen) atoms. The number of sulfone groups is 1. The molecule has 8 heteroatoms. The standard InChI is InChI=1S/C33H39FN2O4S/c1-24(27-7-11-30(34)12-8-27)20-33(37)29-5-2-25(3-6-29)23-41(38,39)31-13-9-28(10-14-31)32-15-4-26(21-35-32)22-36-16-18-40-19-17-36/h4,7-15,21,24-25,29H,2-3,5-6,16-20,22-23H2,1H3/t24-,25?,29?/m0/s1. The van der Waals surface area contributed by atoms with Gasteiger partial charge in [-0.25, -0.2) is 12.8 Å². The van der Waals surface area contributed by atoms with Crippen molar-refractivity contribution in [2.45, 2.75) is 56.4 Å². The third-order valence-electron chi connectivity index (χ3n) is 8.55. The van der Waals surface area contributed by atoms with Crippen LogP contribution in [0.5, 0.6) is 0 Å². The minimum absolute atomic E-state index is 0.0242. The first-order chi connectivity index (χ1) is 19.8. The highest BCUT2D eigenvalue weighted by Gasteiger charge is 2.30. The van der Waals surface area contributed by atoms with Crippen molar-refractivity contribution in [3.63, 3.8) is 0 Å². The first-order valence-corrected chi connectivity index (χ1v) is 16.3. The van der Waals surface area contributed by atoms with Crippen molar-refractivity contribution in [3.05, 3.63) is 83.8 Å². The highest BCUT2D eigenvalue weighted by Crippen LogP contribution is 2.34. The second-order valence-electron chi connectivity index (χ2n) is 11.6. The number of Topliss-reactive ketones (excluding diaryl/α,β-unsaturated/α-hetero) is 1. The van der Waals surface area contributed by atoms with Crippen LogP contribution in [0.3, 0.4) is 0 Å². The zero-order chi connectivity index (χ0) is 28.8. The van der Waals surface area contributed by atoms with E-state index >= 15 is 0 Å². The Kier molecular flexibility index (Phi) is 9.63. The third-order valence-corrected chi connectivity index (χ3v) is 10.4. The molecule has 2 aliphatic rings. The molecule has 0 radical (unpaired) electrons. The van der Waals surface area contributed by atoms with E-state index in [1.54, 1.807) is 24.3 Å². The van der Waals surface area contributed by atoms with Crippen LogP contribution < -0.4 is 0 Å². The zero-order valence-corrected chi connectivity index (χ0v) is 24.5. The number of benzene rings is 2. The van der Waals surface area contributed by atoms with Gasteiger partial charge in [0.25, 0.3) is 0 Å². The lowest BCUT2D eigenvalue weighted by Gasteiger charge is -2.28. The van der Waals surface area contributed by atoms with Crippen molar-refractivity contribution < 1.29 is 22.3 Å². The molecule has 0 unspecified atom stereocenters. The molecule has 0 amide bonds. The van der Waals surface area contributed by atoms with Gasteiger partial charge >= 0.3 is 0 Å². The van der Waals surface area contributed by atoms with Gasteiger partial charge in [0.15, 0.2) is 9.84 Å². The quantitative estimate of drug-likeness (QED) is 0.291. The normalized spacial score (nSPS) is 20.9. The van der Waals surface area contributed by atoms with E-state index in [1.165, 1.54) is 12.1 Å². The summed E-state index contributed by atoms with van der Waals surface area (Å²) in [5.41, 5.74) is 3.81. The molecular formula is C33H39FN2O4S. The molecule has 1 saturated heterocycles. The molecule has 0 bridgehead atoms. The number of halogens is 1. The fourth-order valence-corrected chi connectivity index (χ4v) is 7.67. The summed E-state index contributed by atoms with van der Waals surface area (Å²) in [4.78, 5) is 20.2. The van der Waals surface area contributed by atoms with Crippen LogP contribution in [0.25, 0.3) is 11.3 Å². The summed E-state index contributed by atoms with van der Waals surface area (Å²) in [6.45, 7) is 6.22. The van der Waals surface area contributed by atoms with Gasteiger partial charge in [-0.05, 0) is 79.0 Å². The Morgan fingerprint density at radius 1 is 0.976 bits per heavy atom. The van der Waals surface area contributed by atoms with E-state index in [2.05, 4.69) is 16.0 Å². The number of pyridine rings is 1. The Morgan fingerprint density at radius 2 is 1.66 bits per heavy atom. The van der Waals surface area contributed by atoms with Crippen LogP contribution in [0.4, 0.5) is 4.39 Å².